The van der Waals surface area contributed by atoms with Gasteiger partial charge in [-0.25, -0.2) is 4.98 Å². The Hall–Kier alpha value is -2.81. The number of likely N-dealkylation sites (tertiary alicyclic amines) is 1. The molecule has 3 heterocycles. The molecule has 148 valence electrons. The van der Waals surface area contributed by atoms with Crippen molar-refractivity contribution in [2.24, 2.45) is 0 Å². The van der Waals surface area contributed by atoms with Crippen LogP contribution in [0.4, 0.5) is 0 Å². The van der Waals surface area contributed by atoms with E-state index in [9.17, 15) is 0 Å². The molecule has 0 amide bonds. The highest BCUT2D eigenvalue weighted by atomic mass is 35.5. The van der Waals surface area contributed by atoms with Crippen molar-refractivity contribution < 1.29 is 0 Å². The fourth-order valence-corrected chi connectivity index (χ4v) is 4.24. The number of hydrogen-bond acceptors (Lipinski definition) is 3. The van der Waals surface area contributed by atoms with Crippen molar-refractivity contribution in [2.75, 3.05) is 19.6 Å². The average Bonchev–Trinajstić information content (AvgIpc) is 3.31. The van der Waals surface area contributed by atoms with Crippen LogP contribution in [0, 0.1) is 11.3 Å². The molecule has 0 aliphatic carbocycles. The first-order valence-corrected chi connectivity index (χ1v) is 10.0. The van der Waals surface area contributed by atoms with E-state index in [-0.39, 0.29) is 12.4 Å². The van der Waals surface area contributed by atoms with E-state index in [1.165, 1.54) is 43.4 Å². The molecule has 0 atom stereocenters. The van der Waals surface area contributed by atoms with Crippen molar-refractivity contribution in [2.45, 2.75) is 25.8 Å². The summed E-state index contributed by atoms with van der Waals surface area (Å²) < 4.78 is 4.54. The Balaban J connectivity index is 0.00000205. The Morgan fingerprint density at radius 2 is 1.62 bits per heavy atom. The van der Waals surface area contributed by atoms with Crippen molar-refractivity contribution in [3.8, 4) is 17.3 Å². The van der Waals surface area contributed by atoms with Crippen molar-refractivity contribution in [3.05, 3.63) is 60.3 Å². The van der Waals surface area contributed by atoms with Gasteiger partial charge in [0.2, 0.25) is 5.78 Å². The monoisotopic (exact) mass is 405 g/mol. The lowest BCUT2D eigenvalue weighted by molar-refractivity contribution is 0.222. The Kier molecular flexibility index (Phi) is 5.57. The predicted molar refractivity (Wildman–Crippen MR) is 118 cm³/mol. The maximum absolute atomic E-state index is 9.02. The van der Waals surface area contributed by atoms with Crippen LogP contribution in [0.5, 0.6) is 0 Å². The Labute approximate surface area is 176 Å². The van der Waals surface area contributed by atoms with Gasteiger partial charge in [-0.1, -0.05) is 30.7 Å². The quantitative estimate of drug-likeness (QED) is 0.493. The summed E-state index contributed by atoms with van der Waals surface area (Å²) in [6.07, 6.45) is 6.10. The molecule has 0 saturated carbocycles. The van der Waals surface area contributed by atoms with Gasteiger partial charge in [-0.05, 0) is 50.2 Å². The van der Waals surface area contributed by atoms with Crippen LogP contribution in [0.1, 0.15) is 24.8 Å². The molecule has 6 heteroatoms. The van der Waals surface area contributed by atoms with Crippen LogP contribution in [0.15, 0.2) is 54.7 Å². The third-order valence-electron chi connectivity index (χ3n) is 5.76. The summed E-state index contributed by atoms with van der Waals surface area (Å²) >= 11 is 0. The fraction of sp³-hybridized carbons (Fsp3) is 0.304. The topological polar surface area (TPSA) is 49.3 Å². The molecule has 1 aliphatic rings. The molecule has 29 heavy (non-hydrogen) atoms. The van der Waals surface area contributed by atoms with Gasteiger partial charge >= 0.3 is 0 Å². The second kappa shape index (κ2) is 8.28. The van der Waals surface area contributed by atoms with Gasteiger partial charge in [-0.3, -0.25) is 4.40 Å². The van der Waals surface area contributed by atoms with E-state index in [1.807, 2.05) is 24.3 Å². The Bertz CT molecular complexity index is 1160. The number of fused-ring (bicyclic) bond motifs is 3. The number of imidazole rings is 2. The SMILES string of the molecule is Cl.N#Cc1ccc(-c2cn3c4ccccc4n(CCN4CCCCC4)c3n2)cc1. The van der Waals surface area contributed by atoms with Gasteiger partial charge in [0.15, 0.2) is 0 Å². The van der Waals surface area contributed by atoms with E-state index < -0.39 is 0 Å². The molecular formula is C23H24ClN5. The average molecular weight is 406 g/mol. The van der Waals surface area contributed by atoms with Crippen LogP contribution >= 0.6 is 12.4 Å². The number of aromatic nitrogens is 3. The van der Waals surface area contributed by atoms with Crippen LogP contribution < -0.4 is 0 Å². The lowest BCUT2D eigenvalue weighted by atomic mass is 10.1. The largest absolute Gasteiger partial charge is 0.308 e. The van der Waals surface area contributed by atoms with E-state index in [0.29, 0.717) is 5.56 Å². The standard InChI is InChI=1S/C23H23N5.ClH/c24-16-18-8-10-19(11-9-18)20-17-28-22-7-3-2-6-21(22)27(23(28)25-20)15-14-26-12-4-1-5-13-26;/h2-3,6-11,17H,1,4-5,12-15H2;1H. The van der Waals surface area contributed by atoms with Crippen molar-refractivity contribution in [1.29, 1.82) is 5.26 Å². The third-order valence-corrected chi connectivity index (χ3v) is 5.76. The molecule has 0 unspecified atom stereocenters. The molecule has 5 nitrogen and oxygen atoms in total. The van der Waals surface area contributed by atoms with E-state index in [0.717, 1.165) is 30.1 Å². The summed E-state index contributed by atoms with van der Waals surface area (Å²) in [7, 11) is 0. The van der Waals surface area contributed by atoms with E-state index >= 15 is 0 Å². The summed E-state index contributed by atoms with van der Waals surface area (Å²) in [5.74, 6) is 0.984. The lowest BCUT2D eigenvalue weighted by Gasteiger charge is -2.26. The molecule has 1 saturated heterocycles. The van der Waals surface area contributed by atoms with Crippen LogP contribution in [-0.2, 0) is 6.54 Å². The molecule has 2 aromatic heterocycles. The van der Waals surface area contributed by atoms with Crippen LogP contribution in [0.25, 0.3) is 28.1 Å². The number of halogens is 1. The summed E-state index contributed by atoms with van der Waals surface area (Å²) in [5.41, 5.74) is 5.06. The summed E-state index contributed by atoms with van der Waals surface area (Å²) in [4.78, 5) is 7.53. The summed E-state index contributed by atoms with van der Waals surface area (Å²) in [6.45, 7) is 4.43. The number of nitriles is 1. The minimum atomic E-state index is 0. The van der Waals surface area contributed by atoms with E-state index in [2.05, 4.69) is 50.4 Å². The van der Waals surface area contributed by atoms with Crippen LogP contribution in [0.2, 0.25) is 0 Å². The number of para-hydroxylation sites is 2. The van der Waals surface area contributed by atoms with Crippen molar-refractivity contribution in [3.63, 3.8) is 0 Å². The van der Waals surface area contributed by atoms with Crippen molar-refractivity contribution >= 4 is 29.2 Å². The fourth-order valence-electron chi connectivity index (χ4n) is 4.24. The smallest absolute Gasteiger partial charge is 0.215 e. The van der Waals surface area contributed by atoms with Gasteiger partial charge in [-0.15, -0.1) is 12.4 Å². The third kappa shape index (κ3) is 3.62. The minimum absolute atomic E-state index is 0. The van der Waals surface area contributed by atoms with Gasteiger partial charge in [0.25, 0.3) is 0 Å². The van der Waals surface area contributed by atoms with Crippen molar-refractivity contribution in [1.82, 2.24) is 18.9 Å². The number of nitrogens with zero attached hydrogens (tertiary/aromatic N) is 5. The second-order valence-corrected chi connectivity index (χ2v) is 7.53. The highest BCUT2D eigenvalue weighted by molar-refractivity contribution is 5.85. The van der Waals surface area contributed by atoms with Crippen LogP contribution in [0.3, 0.4) is 0 Å². The molecule has 0 spiro atoms. The minimum Gasteiger partial charge on any atom is -0.308 e. The maximum Gasteiger partial charge on any atom is 0.215 e. The first-order valence-electron chi connectivity index (χ1n) is 10.0. The van der Waals surface area contributed by atoms with Crippen LogP contribution in [-0.4, -0.2) is 38.5 Å². The number of benzene rings is 2. The number of piperidine rings is 1. The second-order valence-electron chi connectivity index (χ2n) is 7.53. The molecule has 2 aromatic carbocycles. The number of hydrogen-bond donors (Lipinski definition) is 0. The van der Waals surface area contributed by atoms with Gasteiger partial charge in [0, 0.05) is 24.8 Å². The Morgan fingerprint density at radius 3 is 2.34 bits per heavy atom. The first-order chi connectivity index (χ1) is 13.8. The highest BCUT2D eigenvalue weighted by Gasteiger charge is 2.16. The Morgan fingerprint density at radius 1 is 0.897 bits per heavy atom. The van der Waals surface area contributed by atoms with Gasteiger partial charge < -0.3 is 9.47 Å². The summed E-state index contributed by atoms with van der Waals surface area (Å²) in [5, 5.41) is 9.02. The first kappa shape index (κ1) is 19.5. The highest BCUT2D eigenvalue weighted by Crippen LogP contribution is 2.26. The molecule has 5 rings (SSSR count). The zero-order chi connectivity index (χ0) is 18.9. The number of rotatable bonds is 4. The molecular weight excluding hydrogens is 382 g/mol. The van der Waals surface area contributed by atoms with Gasteiger partial charge in [0.1, 0.15) is 0 Å². The zero-order valence-electron chi connectivity index (χ0n) is 16.3. The zero-order valence-corrected chi connectivity index (χ0v) is 17.1. The van der Waals surface area contributed by atoms with Gasteiger partial charge in [0.05, 0.1) is 28.4 Å². The predicted octanol–water partition coefficient (Wildman–Crippen LogP) is 4.74. The van der Waals surface area contributed by atoms with E-state index in [1.54, 1.807) is 0 Å². The molecule has 0 N–H and O–H groups in total. The van der Waals surface area contributed by atoms with Gasteiger partial charge in [-0.2, -0.15) is 5.26 Å². The molecule has 4 aromatic rings. The van der Waals surface area contributed by atoms with E-state index in [4.69, 9.17) is 10.2 Å². The lowest BCUT2D eigenvalue weighted by Crippen LogP contribution is -2.32. The maximum atomic E-state index is 9.02. The molecule has 1 fully saturated rings. The molecule has 0 radical (unpaired) electrons. The normalized spacial score (nSPS) is 14.7. The molecule has 0 bridgehead atoms. The molecule has 1 aliphatic heterocycles. The summed E-state index contributed by atoms with van der Waals surface area (Å²) in [6, 6.07) is 18.3.